The Morgan fingerprint density at radius 2 is 1.79 bits per heavy atom. The first-order valence-electron chi connectivity index (χ1n) is 5.64. The van der Waals surface area contributed by atoms with Gasteiger partial charge in [0.25, 0.3) is 0 Å². The summed E-state index contributed by atoms with van der Waals surface area (Å²) in [5, 5.41) is 0. The van der Waals surface area contributed by atoms with E-state index in [4.69, 9.17) is 4.74 Å². The Labute approximate surface area is 110 Å². The van der Waals surface area contributed by atoms with Gasteiger partial charge in [-0.05, 0) is 18.2 Å². The largest absolute Gasteiger partial charge is 0.466 e. The van der Waals surface area contributed by atoms with Crippen molar-refractivity contribution in [3.63, 3.8) is 0 Å². The van der Waals surface area contributed by atoms with Crippen LogP contribution in [0, 0.1) is 0 Å². The van der Waals surface area contributed by atoms with Gasteiger partial charge in [-0.15, -0.1) is 0 Å². The number of hydrogen-bond donors (Lipinski definition) is 0. The van der Waals surface area contributed by atoms with Gasteiger partial charge in [-0.25, -0.2) is 9.59 Å². The van der Waals surface area contributed by atoms with E-state index in [1.807, 2.05) is 0 Å². The number of benzene rings is 1. The molecule has 0 atom stereocenters. The van der Waals surface area contributed by atoms with Gasteiger partial charge in [-0.2, -0.15) is 0 Å². The standard InChI is InChI=1S/C14H14O5/c1-18-13(16)8-7-12(15)9-10-19-14(17)11-5-3-2-4-6-11/h2-8H,9-10H2,1H3/b8-7+. The molecule has 0 amide bonds. The molecule has 0 aliphatic rings. The molecule has 5 heteroatoms. The summed E-state index contributed by atoms with van der Waals surface area (Å²) in [5.41, 5.74) is 0.431. The molecule has 0 aliphatic heterocycles. The van der Waals surface area contributed by atoms with E-state index in [0.29, 0.717) is 5.56 Å². The van der Waals surface area contributed by atoms with Gasteiger partial charge < -0.3 is 9.47 Å². The maximum absolute atomic E-state index is 11.5. The van der Waals surface area contributed by atoms with Crippen LogP contribution in [0.25, 0.3) is 0 Å². The van der Waals surface area contributed by atoms with Gasteiger partial charge in [0.15, 0.2) is 5.78 Å². The predicted octanol–water partition coefficient (Wildman–Crippen LogP) is 1.53. The fourth-order valence-electron chi connectivity index (χ4n) is 1.21. The highest BCUT2D eigenvalue weighted by Crippen LogP contribution is 2.01. The molecule has 0 saturated heterocycles. The van der Waals surface area contributed by atoms with Crippen molar-refractivity contribution in [3.05, 3.63) is 48.0 Å². The molecule has 0 heterocycles. The first kappa shape index (κ1) is 14.6. The third kappa shape index (κ3) is 5.63. The first-order valence-corrected chi connectivity index (χ1v) is 5.64. The highest BCUT2D eigenvalue weighted by molar-refractivity contribution is 5.96. The summed E-state index contributed by atoms with van der Waals surface area (Å²) in [6.07, 6.45) is 2.15. The summed E-state index contributed by atoms with van der Waals surface area (Å²) >= 11 is 0. The SMILES string of the molecule is COC(=O)/C=C/C(=O)CCOC(=O)c1ccccc1. The quantitative estimate of drug-likeness (QED) is 0.574. The van der Waals surface area contributed by atoms with E-state index in [1.54, 1.807) is 30.3 Å². The molecule has 100 valence electrons. The van der Waals surface area contributed by atoms with Gasteiger partial charge in [0, 0.05) is 12.5 Å². The summed E-state index contributed by atoms with van der Waals surface area (Å²) in [6.45, 7) is -0.0297. The molecule has 0 spiro atoms. The summed E-state index contributed by atoms with van der Waals surface area (Å²) in [7, 11) is 1.22. The number of carbonyl (C=O) groups is 3. The third-order valence-electron chi connectivity index (χ3n) is 2.20. The van der Waals surface area contributed by atoms with Crippen LogP contribution in [0.15, 0.2) is 42.5 Å². The number of allylic oxidation sites excluding steroid dienone is 1. The van der Waals surface area contributed by atoms with Gasteiger partial charge in [0.2, 0.25) is 0 Å². The lowest BCUT2D eigenvalue weighted by molar-refractivity contribution is -0.135. The minimum atomic E-state index is -0.602. The molecule has 0 saturated carbocycles. The molecule has 0 N–H and O–H groups in total. The highest BCUT2D eigenvalue weighted by Gasteiger charge is 2.06. The lowest BCUT2D eigenvalue weighted by atomic mass is 10.2. The number of carbonyl (C=O) groups excluding carboxylic acids is 3. The van der Waals surface area contributed by atoms with Crippen molar-refractivity contribution in [1.29, 1.82) is 0 Å². The summed E-state index contributed by atoms with van der Waals surface area (Å²) in [5.74, 6) is -1.40. The Hall–Kier alpha value is -2.43. The molecule has 0 bridgehead atoms. The monoisotopic (exact) mass is 262 g/mol. The second-order valence-corrected chi connectivity index (χ2v) is 3.57. The summed E-state index contributed by atoms with van der Waals surface area (Å²) in [4.78, 5) is 33.5. The zero-order valence-corrected chi connectivity index (χ0v) is 10.5. The van der Waals surface area contributed by atoms with Crippen LogP contribution in [0.1, 0.15) is 16.8 Å². The molecule has 0 radical (unpaired) electrons. The predicted molar refractivity (Wildman–Crippen MR) is 67.5 cm³/mol. The van der Waals surface area contributed by atoms with Crippen molar-refractivity contribution < 1.29 is 23.9 Å². The first-order chi connectivity index (χ1) is 9.13. The number of ketones is 1. The van der Waals surface area contributed by atoms with Crippen LogP contribution in [0.3, 0.4) is 0 Å². The number of ether oxygens (including phenoxy) is 2. The van der Waals surface area contributed by atoms with Crippen LogP contribution in [-0.2, 0) is 19.1 Å². The molecule has 19 heavy (non-hydrogen) atoms. The molecular formula is C14H14O5. The van der Waals surface area contributed by atoms with E-state index >= 15 is 0 Å². The topological polar surface area (TPSA) is 69.7 Å². The van der Waals surface area contributed by atoms with E-state index in [-0.39, 0.29) is 18.8 Å². The lowest BCUT2D eigenvalue weighted by Crippen LogP contribution is -2.09. The van der Waals surface area contributed by atoms with Crippen molar-refractivity contribution in [3.8, 4) is 0 Å². The normalized spacial score (nSPS) is 10.2. The number of rotatable bonds is 6. The minimum Gasteiger partial charge on any atom is -0.466 e. The van der Waals surface area contributed by atoms with E-state index in [1.165, 1.54) is 7.11 Å². The molecule has 1 aromatic rings. The summed E-state index contributed by atoms with van der Waals surface area (Å²) < 4.78 is 9.26. The Bertz CT molecular complexity index is 476. The van der Waals surface area contributed by atoms with E-state index in [9.17, 15) is 14.4 Å². The molecule has 1 rings (SSSR count). The van der Waals surface area contributed by atoms with Crippen LogP contribution in [-0.4, -0.2) is 31.4 Å². The molecule has 5 nitrogen and oxygen atoms in total. The van der Waals surface area contributed by atoms with Gasteiger partial charge in [0.05, 0.1) is 19.3 Å². The molecule has 0 unspecified atom stereocenters. The Morgan fingerprint density at radius 3 is 2.42 bits per heavy atom. The van der Waals surface area contributed by atoms with Gasteiger partial charge in [-0.1, -0.05) is 18.2 Å². The van der Waals surface area contributed by atoms with Gasteiger partial charge in [-0.3, -0.25) is 4.79 Å². The Morgan fingerprint density at radius 1 is 1.11 bits per heavy atom. The fraction of sp³-hybridized carbons (Fsp3) is 0.214. The Kier molecular flexibility index (Phi) is 6.02. The number of hydrogen-bond acceptors (Lipinski definition) is 5. The lowest BCUT2D eigenvalue weighted by Gasteiger charge is -2.02. The Balaban J connectivity index is 2.31. The minimum absolute atomic E-state index is 0.0199. The third-order valence-corrected chi connectivity index (χ3v) is 2.20. The number of esters is 2. The maximum Gasteiger partial charge on any atom is 0.338 e. The zero-order chi connectivity index (χ0) is 14.1. The van der Waals surface area contributed by atoms with Crippen molar-refractivity contribution >= 4 is 17.7 Å². The van der Waals surface area contributed by atoms with Crippen molar-refractivity contribution in [1.82, 2.24) is 0 Å². The molecular weight excluding hydrogens is 248 g/mol. The average Bonchev–Trinajstić information content (AvgIpc) is 2.45. The van der Waals surface area contributed by atoms with Crippen molar-refractivity contribution in [2.24, 2.45) is 0 Å². The second kappa shape index (κ2) is 7.81. The maximum atomic E-state index is 11.5. The smallest absolute Gasteiger partial charge is 0.338 e. The second-order valence-electron chi connectivity index (χ2n) is 3.57. The molecule has 0 fully saturated rings. The number of methoxy groups -OCH3 is 1. The van der Waals surface area contributed by atoms with Crippen molar-refractivity contribution in [2.45, 2.75) is 6.42 Å². The van der Waals surface area contributed by atoms with Gasteiger partial charge in [0.1, 0.15) is 0 Å². The van der Waals surface area contributed by atoms with Crippen LogP contribution >= 0.6 is 0 Å². The van der Waals surface area contributed by atoms with Crippen LogP contribution < -0.4 is 0 Å². The summed E-state index contributed by atoms with van der Waals surface area (Å²) in [6, 6.07) is 8.49. The average molecular weight is 262 g/mol. The van der Waals surface area contributed by atoms with E-state index in [0.717, 1.165) is 12.2 Å². The molecule has 0 aliphatic carbocycles. The van der Waals surface area contributed by atoms with Crippen LogP contribution in [0.4, 0.5) is 0 Å². The molecule has 0 aromatic heterocycles. The molecule has 1 aromatic carbocycles. The van der Waals surface area contributed by atoms with E-state index < -0.39 is 11.9 Å². The van der Waals surface area contributed by atoms with Gasteiger partial charge >= 0.3 is 11.9 Å². The van der Waals surface area contributed by atoms with Crippen LogP contribution in [0.2, 0.25) is 0 Å². The van der Waals surface area contributed by atoms with E-state index in [2.05, 4.69) is 4.74 Å². The van der Waals surface area contributed by atoms with Crippen LogP contribution in [0.5, 0.6) is 0 Å². The fourth-order valence-corrected chi connectivity index (χ4v) is 1.21. The van der Waals surface area contributed by atoms with Crippen molar-refractivity contribution in [2.75, 3.05) is 13.7 Å². The zero-order valence-electron chi connectivity index (χ0n) is 10.5. The highest BCUT2D eigenvalue weighted by atomic mass is 16.5.